The van der Waals surface area contributed by atoms with Crippen LogP contribution in [0.25, 0.3) is 11.4 Å². The van der Waals surface area contributed by atoms with Gasteiger partial charge in [-0.2, -0.15) is 0 Å². The van der Waals surface area contributed by atoms with Gasteiger partial charge < -0.3 is 19.4 Å². The molecule has 3 aromatic rings. The molecule has 4 rings (SSSR count). The van der Waals surface area contributed by atoms with Gasteiger partial charge in [0.1, 0.15) is 13.2 Å². The molecule has 33 heavy (non-hydrogen) atoms. The Kier molecular flexibility index (Phi) is 6.65. The highest BCUT2D eigenvalue weighted by molar-refractivity contribution is 8.00. The number of anilines is 1. The van der Waals surface area contributed by atoms with Crippen LogP contribution in [0.5, 0.6) is 11.5 Å². The van der Waals surface area contributed by atoms with Crippen molar-refractivity contribution in [2.45, 2.75) is 57.0 Å². The molecule has 0 aliphatic carbocycles. The van der Waals surface area contributed by atoms with E-state index in [9.17, 15) is 4.79 Å². The summed E-state index contributed by atoms with van der Waals surface area (Å²) in [6, 6.07) is 13.9. The van der Waals surface area contributed by atoms with Crippen LogP contribution in [0.1, 0.15) is 40.2 Å². The van der Waals surface area contributed by atoms with Gasteiger partial charge in [0.15, 0.2) is 22.5 Å². The summed E-state index contributed by atoms with van der Waals surface area (Å²) in [5, 5.41) is 12.1. The predicted molar refractivity (Wildman–Crippen MR) is 131 cm³/mol. The second-order valence-electron chi connectivity index (χ2n) is 8.99. The molecule has 1 aromatic heterocycles. The number of carbonyl (C=O) groups is 1. The molecule has 2 aromatic carbocycles. The van der Waals surface area contributed by atoms with Gasteiger partial charge in [-0.1, -0.05) is 56.8 Å². The summed E-state index contributed by atoms with van der Waals surface area (Å²) < 4.78 is 13.2. The molecule has 7 nitrogen and oxygen atoms in total. The molecule has 0 bridgehead atoms. The van der Waals surface area contributed by atoms with Crippen molar-refractivity contribution in [2.75, 3.05) is 18.5 Å². The van der Waals surface area contributed by atoms with E-state index >= 15 is 0 Å². The molecule has 0 saturated carbocycles. The molecule has 1 atom stereocenters. The van der Waals surface area contributed by atoms with Gasteiger partial charge in [-0.05, 0) is 37.0 Å². The van der Waals surface area contributed by atoms with Gasteiger partial charge >= 0.3 is 0 Å². The number of nitrogens with one attached hydrogen (secondary N) is 1. The smallest absolute Gasteiger partial charge is 0.237 e. The summed E-state index contributed by atoms with van der Waals surface area (Å²) in [6.45, 7) is 12.3. The minimum atomic E-state index is -0.358. The van der Waals surface area contributed by atoms with Crippen molar-refractivity contribution >= 4 is 23.4 Å². The van der Waals surface area contributed by atoms with E-state index in [-0.39, 0.29) is 16.6 Å². The van der Waals surface area contributed by atoms with Crippen molar-refractivity contribution < 1.29 is 14.3 Å². The van der Waals surface area contributed by atoms with Crippen LogP contribution in [-0.4, -0.2) is 39.1 Å². The van der Waals surface area contributed by atoms with Crippen molar-refractivity contribution in [1.82, 2.24) is 14.8 Å². The number of hydrogen-bond acceptors (Lipinski definition) is 6. The molecular weight excluding hydrogens is 436 g/mol. The average Bonchev–Trinajstić information content (AvgIpc) is 3.20. The maximum atomic E-state index is 12.8. The molecule has 174 valence electrons. The first kappa shape index (κ1) is 23.2. The van der Waals surface area contributed by atoms with Gasteiger partial charge in [-0.15, -0.1) is 10.2 Å². The Morgan fingerprint density at radius 3 is 2.45 bits per heavy atom. The number of ether oxygens (including phenoxy) is 2. The third-order valence-corrected chi connectivity index (χ3v) is 6.58. The number of amides is 1. The summed E-state index contributed by atoms with van der Waals surface area (Å²) in [7, 11) is 0. The van der Waals surface area contributed by atoms with E-state index in [1.165, 1.54) is 17.3 Å². The highest BCUT2D eigenvalue weighted by atomic mass is 32.2. The summed E-state index contributed by atoms with van der Waals surface area (Å²) in [6.07, 6.45) is 0. The normalized spacial score (nSPS) is 14.1. The van der Waals surface area contributed by atoms with Crippen molar-refractivity contribution in [3.8, 4) is 22.9 Å². The van der Waals surface area contributed by atoms with Crippen molar-refractivity contribution in [1.29, 1.82) is 0 Å². The van der Waals surface area contributed by atoms with Crippen molar-refractivity contribution in [3.05, 3.63) is 48.0 Å². The molecule has 0 fully saturated rings. The Morgan fingerprint density at radius 1 is 1.09 bits per heavy atom. The SMILES string of the molecule is CCn1c(SC(C)C(=O)Nc2ccc3c(c2)OCCO3)nnc1-c1ccc(C(C)(C)C)cc1. The Bertz CT molecular complexity index is 1140. The van der Waals surface area contributed by atoms with Crippen LogP contribution in [0.4, 0.5) is 5.69 Å². The highest BCUT2D eigenvalue weighted by Crippen LogP contribution is 2.33. The Morgan fingerprint density at radius 2 is 1.79 bits per heavy atom. The molecule has 0 spiro atoms. The minimum Gasteiger partial charge on any atom is -0.486 e. The number of rotatable bonds is 6. The number of hydrogen-bond donors (Lipinski definition) is 1. The van der Waals surface area contributed by atoms with E-state index in [2.05, 4.69) is 67.5 Å². The zero-order chi connectivity index (χ0) is 23.6. The van der Waals surface area contributed by atoms with Gasteiger partial charge in [0.05, 0.1) is 5.25 Å². The fraction of sp³-hybridized carbons (Fsp3) is 0.400. The lowest BCUT2D eigenvalue weighted by Crippen LogP contribution is -2.23. The van der Waals surface area contributed by atoms with Crippen LogP contribution in [-0.2, 0) is 16.8 Å². The third kappa shape index (κ3) is 5.16. The summed E-state index contributed by atoms with van der Waals surface area (Å²) in [5.74, 6) is 2.03. The summed E-state index contributed by atoms with van der Waals surface area (Å²) in [5.41, 5.74) is 3.05. The third-order valence-electron chi connectivity index (χ3n) is 5.50. The minimum absolute atomic E-state index is 0.0952. The highest BCUT2D eigenvalue weighted by Gasteiger charge is 2.22. The largest absolute Gasteiger partial charge is 0.486 e. The average molecular weight is 467 g/mol. The standard InChI is InChI=1S/C25H30N4O3S/c1-6-29-22(17-7-9-18(10-8-17)25(3,4)5)27-28-24(29)33-16(2)23(30)26-19-11-12-20-21(15-19)32-14-13-31-20/h7-12,15-16H,6,13-14H2,1-5H3,(H,26,30). The number of nitrogens with zero attached hydrogens (tertiary/aromatic N) is 3. The van der Waals surface area contributed by atoms with Gasteiger partial charge in [0, 0.05) is 23.9 Å². The molecule has 0 saturated heterocycles. The Labute approximate surface area is 198 Å². The van der Waals surface area contributed by atoms with E-state index in [1.807, 2.05) is 23.6 Å². The lowest BCUT2D eigenvalue weighted by molar-refractivity contribution is -0.115. The number of benzene rings is 2. The number of thioether (sulfide) groups is 1. The summed E-state index contributed by atoms with van der Waals surface area (Å²) in [4.78, 5) is 12.8. The topological polar surface area (TPSA) is 78.3 Å². The second kappa shape index (κ2) is 9.47. The first-order valence-corrected chi connectivity index (χ1v) is 12.1. The zero-order valence-corrected chi connectivity index (χ0v) is 20.5. The van der Waals surface area contributed by atoms with Gasteiger partial charge in [-0.25, -0.2) is 0 Å². The maximum Gasteiger partial charge on any atom is 0.237 e. The molecular formula is C25H30N4O3S. The van der Waals surface area contributed by atoms with Gasteiger partial charge in [-0.3, -0.25) is 4.79 Å². The van der Waals surface area contributed by atoms with E-state index in [0.717, 1.165) is 16.5 Å². The molecule has 1 amide bonds. The lowest BCUT2D eigenvalue weighted by Gasteiger charge is -2.19. The molecule has 1 aliphatic heterocycles. The molecule has 2 heterocycles. The van der Waals surface area contributed by atoms with Crippen molar-refractivity contribution in [2.24, 2.45) is 0 Å². The monoisotopic (exact) mass is 466 g/mol. The van der Waals surface area contributed by atoms with Gasteiger partial charge in [0.2, 0.25) is 5.91 Å². The summed E-state index contributed by atoms with van der Waals surface area (Å²) >= 11 is 1.40. The van der Waals surface area contributed by atoms with Crippen LogP contribution < -0.4 is 14.8 Å². The quantitative estimate of drug-likeness (QED) is 0.506. The fourth-order valence-corrected chi connectivity index (χ4v) is 4.48. The predicted octanol–water partition coefficient (Wildman–Crippen LogP) is 5.15. The van der Waals surface area contributed by atoms with Crippen LogP contribution in [0.3, 0.4) is 0 Å². The van der Waals surface area contributed by atoms with Gasteiger partial charge in [0.25, 0.3) is 0 Å². The molecule has 1 aliphatic rings. The number of aromatic nitrogens is 3. The van der Waals surface area contributed by atoms with Crippen LogP contribution in [0.2, 0.25) is 0 Å². The maximum absolute atomic E-state index is 12.8. The first-order valence-electron chi connectivity index (χ1n) is 11.2. The van der Waals surface area contributed by atoms with E-state index < -0.39 is 0 Å². The van der Waals surface area contributed by atoms with Crippen LogP contribution in [0, 0.1) is 0 Å². The Balaban J connectivity index is 1.46. The molecule has 0 radical (unpaired) electrons. The van der Waals surface area contributed by atoms with Crippen LogP contribution >= 0.6 is 11.8 Å². The zero-order valence-electron chi connectivity index (χ0n) is 19.7. The van der Waals surface area contributed by atoms with E-state index in [1.54, 1.807) is 6.07 Å². The molecule has 1 N–H and O–H groups in total. The Hall–Kier alpha value is -3.00. The number of carbonyl (C=O) groups excluding carboxylic acids is 1. The molecule has 8 heteroatoms. The molecule has 1 unspecified atom stereocenters. The van der Waals surface area contributed by atoms with Crippen molar-refractivity contribution in [3.63, 3.8) is 0 Å². The second-order valence-corrected chi connectivity index (χ2v) is 10.3. The fourth-order valence-electron chi connectivity index (χ4n) is 3.57. The van der Waals surface area contributed by atoms with E-state index in [4.69, 9.17) is 9.47 Å². The lowest BCUT2D eigenvalue weighted by atomic mass is 9.87. The van der Waals surface area contributed by atoms with Crippen LogP contribution in [0.15, 0.2) is 47.6 Å². The number of fused-ring (bicyclic) bond motifs is 1. The van der Waals surface area contributed by atoms with E-state index in [0.29, 0.717) is 36.9 Å². The first-order chi connectivity index (χ1) is 15.8.